The Labute approximate surface area is 365 Å². The quantitative estimate of drug-likeness (QED) is 0.0325. The van der Waals surface area contributed by atoms with Crippen molar-refractivity contribution < 1.29 is 38.2 Å². The number of esters is 1. The number of hydrogen-bond acceptors (Lipinski definition) is 13. The van der Waals surface area contributed by atoms with Crippen molar-refractivity contribution in [1.82, 2.24) is 34.7 Å². The van der Waals surface area contributed by atoms with E-state index in [2.05, 4.69) is 41.4 Å². The van der Waals surface area contributed by atoms with Gasteiger partial charge >= 0.3 is 18.0 Å². The van der Waals surface area contributed by atoms with Gasteiger partial charge in [0.15, 0.2) is 27.6 Å². The van der Waals surface area contributed by atoms with Gasteiger partial charge in [-0.05, 0) is 90.4 Å². The Balaban J connectivity index is 0.755. The number of carbonyl (C=O) groups is 3. The molecule has 6 N–H and O–H groups in total. The van der Waals surface area contributed by atoms with Crippen molar-refractivity contribution in [2.45, 2.75) is 12.8 Å². The maximum Gasteiger partial charge on any atom is 0.336 e. The molecule has 2 aliphatic rings. The van der Waals surface area contributed by atoms with Crippen LogP contribution in [-0.4, -0.2) is 75.8 Å². The van der Waals surface area contributed by atoms with Gasteiger partial charge in [-0.3, -0.25) is 19.6 Å². The first-order valence-electron chi connectivity index (χ1n) is 19.5. The SMILES string of the molecule is Cn1cc2c(nc(NC(=O)Nc3ccc(CC(=O)OCCCNC(=S)Nc4ccc(-c5c6ccc(=O)cc-6oc6cc(O)ccc56)c(C(=O)O)c4)cc3)n3nc(-c4ccco4)nc23)n1. The monoisotopic (exact) mass is 878 g/mol. The van der Waals surface area contributed by atoms with Gasteiger partial charge in [0.25, 0.3) is 0 Å². The number of anilines is 3. The molecule has 3 aromatic carbocycles. The van der Waals surface area contributed by atoms with E-state index < -0.39 is 18.0 Å². The van der Waals surface area contributed by atoms with Crippen LogP contribution in [0, 0.1) is 0 Å². The van der Waals surface area contributed by atoms with E-state index in [0.29, 0.717) is 80.2 Å². The lowest BCUT2D eigenvalue weighted by atomic mass is 9.90. The fourth-order valence-corrected chi connectivity index (χ4v) is 7.30. The molecule has 0 atom stereocenters. The van der Waals surface area contributed by atoms with Gasteiger partial charge in [-0.15, -0.1) is 5.10 Å². The van der Waals surface area contributed by atoms with E-state index in [4.69, 9.17) is 25.8 Å². The van der Waals surface area contributed by atoms with Gasteiger partial charge < -0.3 is 39.7 Å². The summed E-state index contributed by atoms with van der Waals surface area (Å²) in [7, 11) is 1.75. The van der Waals surface area contributed by atoms with Crippen molar-refractivity contribution >= 4 is 80.3 Å². The molecule has 320 valence electrons. The summed E-state index contributed by atoms with van der Waals surface area (Å²) in [5, 5.41) is 42.1. The molecule has 20 heteroatoms. The number of nitrogens with zero attached hydrogens (tertiary/aromatic N) is 6. The first-order chi connectivity index (χ1) is 30.9. The molecule has 19 nitrogen and oxygen atoms in total. The molecule has 5 heterocycles. The summed E-state index contributed by atoms with van der Waals surface area (Å²) >= 11 is 5.44. The van der Waals surface area contributed by atoms with Crippen LogP contribution in [0.15, 0.2) is 117 Å². The van der Waals surface area contributed by atoms with E-state index in [0.717, 1.165) is 0 Å². The topological polar surface area (TPSA) is 253 Å². The lowest BCUT2D eigenvalue weighted by Gasteiger charge is -2.18. The third kappa shape index (κ3) is 8.47. The highest BCUT2D eigenvalue weighted by Gasteiger charge is 2.23. The zero-order valence-corrected chi connectivity index (χ0v) is 34.3. The van der Waals surface area contributed by atoms with Gasteiger partial charge in [-0.1, -0.05) is 18.2 Å². The van der Waals surface area contributed by atoms with Crippen LogP contribution in [0.2, 0.25) is 0 Å². The number of fused-ring (bicyclic) bond motifs is 5. The average Bonchev–Trinajstić information content (AvgIpc) is 4.04. The number of carboxylic acids is 1. The number of ether oxygens (including phenoxy) is 1. The fraction of sp³-hybridized carbons (Fsp3) is 0.114. The van der Waals surface area contributed by atoms with Crippen LogP contribution in [0.5, 0.6) is 5.75 Å². The molecular weight excluding hydrogens is 845 g/mol. The standard InChI is InChI=1S/C44H34N10O9S/c1-53-22-32-38(51-53)49-42(54-40(32)48-39(52-54)33-4-2-16-61-33)50-43(60)46-24-7-5-23(6-8-24)18-36(57)62-17-3-15-45-44(64)47-25-9-12-28(31(19-25)41(58)59)37-29-13-10-26(55)20-34(29)63-35-21-27(56)11-14-30(35)37/h2,4-14,16,19-22,55H,3,15,17-18H2,1H3,(H,58,59)(H2,45,47,64)(H2,46,49,50,51,60). The molecule has 1 aliphatic carbocycles. The van der Waals surface area contributed by atoms with E-state index >= 15 is 0 Å². The Morgan fingerprint density at radius 1 is 0.859 bits per heavy atom. The van der Waals surface area contributed by atoms with Crippen LogP contribution in [0.1, 0.15) is 22.3 Å². The van der Waals surface area contributed by atoms with E-state index in [1.165, 1.54) is 41.1 Å². The zero-order valence-electron chi connectivity index (χ0n) is 33.5. The number of carbonyl (C=O) groups excluding carboxylic acids is 2. The number of amides is 2. The Bertz CT molecular complexity index is 3310. The number of rotatable bonds is 12. The number of aryl methyl sites for hydroxylation is 1. The van der Waals surface area contributed by atoms with Gasteiger partial charge in [0.05, 0.1) is 30.2 Å². The van der Waals surface area contributed by atoms with Crippen molar-refractivity contribution in [3.8, 4) is 39.8 Å². The highest BCUT2D eigenvalue weighted by molar-refractivity contribution is 7.80. The number of phenolic OH excluding ortho intramolecular Hbond substituents is 1. The molecule has 0 fully saturated rings. The molecule has 4 aromatic heterocycles. The van der Waals surface area contributed by atoms with Gasteiger partial charge in [-0.2, -0.15) is 14.6 Å². The van der Waals surface area contributed by atoms with Crippen LogP contribution in [0.4, 0.5) is 22.1 Å². The van der Waals surface area contributed by atoms with Crippen molar-refractivity contribution in [3.63, 3.8) is 0 Å². The van der Waals surface area contributed by atoms with E-state index in [1.54, 1.807) is 78.6 Å². The Morgan fingerprint density at radius 3 is 2.47 bits per heavy atom. The first-order valence-corrected chi connectivity index (χ1v) is 20.0. The minimum absolute atomic E-state index is 0.00353. The number of thiocarbonyl (C=S) groups is 1. The molecule has 2 amide bonds. The van der Waals surface area contributed by atoms with Gasteiger partial charge in [0, 0.05) is 59.8 Å². The van der Waals surface area contributed by atoms with Crippen molar-refractivity contribution in [2.24, 2.45) is 7.05 Å². The zero-order chi connectivity index (χ0) is 44.5. The fourth-order valence-electron chi connectivity index (χ4n) is 7.08. The van der Waals surface area contributed by atoms with Gasteiger partial charge in [0.1, 0.15) is 17.1 Å². The largest absolute Gasteiger partial charge is 0.508 e. The molecule has 0 spiro atoms. The Hall–Kier alpha value is -8.65. The number of benzene rings is 4. The van der Waals surface area contributed by atoms with Crippen LogP contribution in [-0.2, 0) is 23.0 Å². The minimum atomic E-state index is -1.19. The summed E-state index contributed by atoms with van der Waals surface area (Å²) in [6.07, 6.45) is 3.70. The molecule has 64 heavy (non-hydrogen) atoms. The predicted molar refractivity (Wildman–Crippen MR) is 239 cm³/mol. The number of carboxylic acid groups (broad SMARTS) is 1. The van der Waals surface area contributed by atoms with Crippen molar-refractivity contribution in [3.05, 3.63) is 125 Å². The Kier molecular flexibility index (Phi) is 10.8. The number of aromatic hydroxyl groups is 1. The molecule has 0 bridgehead atoms. The summed E-state index contributed by atoms with van der Waals surface area (Å²) in [5.74, 6) is -0.598. The minimum Gasteiger partial charge on any atom is -0.508 e. The second-order valence-corrected chi connectivity index (χ2v) is 14.8. The van der Waals surface area contributed by atoms with Crippen LogP contribution >= 0.6 is 12.2 Å². The van der Waals surface area contributed by atoms with Crippen LogP contribution in [0.3, 0.4) is 0 Å². The van der Waals surface area contributed by atoms with E-state index in [-0.39, 0.29) is 52.2 Å². The molecule has 9 rings (SSSR count). The number of aromatic carboxylic acids is 1. The third-order valence-corrected chi connectivity index (χ3v) is 10.2. The summed E-state index contributed by atoms with van der Waals surface area (Å²) in [4.78, 5) is 59.4. The van der Waals surface area contributed by atoms with E-state index in [1.807, 2.05) is 0 Å². The van der Waals surface area contributed by atoms with Gasteiger partial charge in [0.2, 0.25) is 11.8 Å². The number of phenols is 1. The normalized spacial score (nSPS) is 11.3. The number of hydrogen-bond donors (Lipinski definition) is 6. The third-order valence-electron chi connectivity index (χ3n) is 9.92. The number of aromatic nitrogens is 6. The number of nitrogens with one attached hydrogen (secondary N) is 4. The molecule has 0 saturated carbocycles. The highest BCUT2D eigenvalue weighted by atomic mass is 32.1. The molecule has 0 radical (unpaired) electrons. The maximum atomic E-state index is 13.1. The molecule has 0 unspecified atom stereocenters. The molecule has 0 saturated heterocycles. The van der Waals surface area contributed by atoms with Crippen LogP contribution < -0.4 is 26.7 Å². The summed E-state index contributed by atoms with van der Waals surface area (Å²) in [6, 6.07) is 23.1. The highest BCUT2D eigenvalue weighted by Crippen LogP contribution is 2.42. The number of urea groups is 1. The second kappa shape index (κ2) is 17.0. The molecule has 7 aromatic rings. The number of furan rings is 1. The first kappa shape index (κ1) is 40.7. The molecular formula is C44H34N10O9S. The van der Waals surface area contributed by atoms with E-state index in [9.17, 15) is 29.4 Å². The second-order valence-electron chi connectivity index (χ2n) is 14.4. The Morgan fingerprint density at radius 2 is 1.67 bits per heavy atom. The summed E-state index contributed by atoms with van der Waals surface area (Å²) in [6.45, 7) is 0.466. The maximum absolute atomic E-state index is 13.1. The van der Waals surface area contributed by atoms with Crippen LogP contribution in [0.25, 0.3) is 61.7 Å². The summed E-state index contributed by atoms with van der Waals surface area (Å²) in [5.41, 5.74) is 3.71. The average molecular weight is 879 g/mol. The summed E-state index contributed by atoms with van der Waals surface area (Å²) < 4.78 is 19.8. The van der Waals surface area contributed by atoms with Crippen molar-refractivity contribution in [2.75, 3.05) is 29.1 Å². The lowest BCUT2D eigenvalue weighted by Crippen LogP contribution is -2.30. The van der Waals surface area contributed by atoms with Gasteiger partial charge in [-0.25, -0.2) is 14.6 Å². The molecule has 1 aliphatic heterocycles. The predicted octanol–water partition coefficient (Wildman–Crippen LogP) is 6.66. The smallest absolute Gasteiger partial charge is 0.336 e. The van der Waals surface area contributed by atoms with Crippen molar-refractivity contribution in [1.29, 1.82) is 0 Å². The lowest BCUT2D eigenvalue weighted by molar-refractivity contribution is -0.142.